The molecule has 29 heavy (non-hydrogen) atoms. The van der Waals surface area contributed by atoms with Gasteiger partial charge in [-0.3, -0.25) is 4.90 Å². The highest BCUT2D eigenvalue weighted by Crippen LogP contribution is 2.28. The van der Waals surface area contributed by atoms with Crippen molar-refractivity contribution in [1.29, 1.82) is 0 Å². The third-order valence-corrected chi connectivity index (χ3v) is 6.24. The third-order valence-electron chi connectivity index (χ3n) is 4.66. The molecule has 3 nitrogen and oxygen atoms in total. The molecule has 1 unspecified atom stereocenters. The van der Waals surface area contributed by atoms with Crippen molar-refractivity contribution in [2.45, 2.75) is 63.8 Å². The first-order chi connectivity index (χ1) is 13.5. The lowest BCUT2D eigenvalue weighted by Gasteiger charge is -2.37. The minimum Gasteiger partial charge on any atom is -0.290 e. The normalized spacial score (nSPS) is 15.9. The van der Waals surface area contributed by atoms with Gasteiger partial charge in [0.25, 0.3) is 0 Å². The van der Waals surface area contributed by atoms with Crippen molar-refractivity contribution in [2.24, 2.45) is 0 Å². The molecule has 0 bridgehead atoms. The SMILES string of the molecule is C[C@@H]([C@H](NS(=O)C(C)(C)C)C(F)(F)F)N(Cc1ccccc1)Cc1ccccc1. The molecule has 0 heterocycles. The van der Waals surface area contributed by atoms with Crippen LogP contribution in [0.1, 0.15) is 38.8 Å². The fourth-order valence-corrected chi connectivity index (χ4v) is 3.84. The smallest absolute Gasteiger partial charge is 0.290 e. The summed E-state index contributed by atoms with van der Waals surface area (Å²) < 4.78 is 55.8. The van der Waals surface area contributed by atoms with E-state index in [2.05, 4.69) is 4.72 Å². The monoisotopic (exact) mass is 426 g/mol. The molecule has 160 valence electrons. The van der Waals surface area contributed by atoms with Crippen molar-refractivity contribution in [3.8, 4) is 0 Å². The molecular weight excluding hydrogens is 397 g/mol. The van der Waals surface area contributed by atoms with Crippen LogP contribution in [-0.2, 0) is 24.1 Å². The highest BCUT2D eigenvalue weighted by molar-refractivity contribution is 7.84. The lowest BCUT2D eigenvalue weighted by Crippen LogP contribution is -2.57. The molecule has 0 aliphatic heterocycles. The number of halogens is 3. The van der Waals surface area contributed by atoms with Crippen molar-refractivity contribution in [3.63, 3.8) is 0 Å². The molecule has 0 fully saturated rings. The molecule has 0 amide bonds. The maximum Gasteiger partial charge on any atom is 0.406 e. The number of alkyl halides is 3. The summed E-state index contributed by atoms with van der Waals surface area (Å²) in [5.74, 6) is 0. The Balaban J connectivity index is 2.32. The van der Waals surface area contributed by atoms with Crippen molar-refractivity contribution >= 4 is 11.0 Å². The summed E-state index contributed by atoms with van der Waals surface area (Å²) in [4.78, 5) is 1.77. The van der Waals surface area contributed by atoms with Gasteiger partial charge in [-0.1, -0.05) is 60.7 Å². The lowest BCUT2D eigenvalue weighted by molar-refractivity contribution is -0.165. The van der Waals surface area contributed by atoms with E-state index in [4.69, 9.17) is 0 Å². The highest BCUT2D eigenvalue weighted by Gasteiger charge is 2.46. The van der Waals surface area contributed by atoms with Gasteiger partial charge in [0.1, 0.15) is 6.04 Å². The Labute approximate surface area is 173 Å². The van der Waals surface area contributed by atoms with E-state index >= 15 is 0 Å². The number of nitrogens with one attached hydrogen (secondary N) is 1. The van der Waals surface area contributed by atoms with Crippen LogP contribution >= 0.6 is 0 Å². The molecule has 7 heteroatoms. The molecule has 0 saturated heterocycles. The first-order valence-corrected chi connectivity index (χ1v) is 10.7. The van der Waals surface area contributed by atoms with Crippen molar-refractivity contribution < 1.29 is 17.4 Å². The molecular formula is C22H29F3N2OS. The Kier molecular flexibility index (Phi) is 8.02. The maximum absolute atomic E-state index is 13.9. The molecule has 0 saturated carbocycles. The summed E-state index contributed by atoms with van der Waals surface area (Å²) >= 11 is 0. The quantitative estimate of drug-likeness (QED) is 0.640. The van der Waals surface area contributed by atoms with Crippen LogP contribution < -0.4 is 4.72 Å². The van der Waals surface area contributed by atoms with Crippen molar-refractivity contribution in [1.82, 2.24) is 9.62 Å². The molecule has 3 atom stereocenters. The molecule has 2 rings (SSSR count). The molecule has 2 aromatic carbocycles. The largest absolute Gasteiger partial charge is 0.406 e. The second-order valence-corrected chi connectivity index (χ2v) is 10.1. The van der Waals surface area contributed by atoms with Gasteiger partial charge in [-0.15, -0.1) is 0 Å². The fourth-order valence-electron chi connectivity index (χ4n) is 2.92. The van der Waals surface area contributed by atoms with E-state index in [1.807, 2.05) is 60.7 Å². The van der Waals surface area contributed by atoms with Crippen LogP contribution in [0.25, 0.3) is 0 Å². The average Bonchev–Trinajstić information content (AvgIpc) is 2.65. The second-order valence-electron chi connectivity index (χ2n) is 8.14. The van der Waals surface area contributed by atoms with E-state index in [-0.39, 0.29) is 0 Å². The number of benzene rings is 2. The summed E-state index contributed by atoms with van der Waals surface area (Å²) in [6.45, 7) is 7.21. The Morgan fingerprint density at radius 2 is 1.31 bits per heavy atom. The van der Waals surface area contributed by atoms with E-state index in [0.29, 0.717) is 13.1 Å². The number of hydrogen-bond donors (Lipinski definition) is 1. The second kappa shape index (κ2) is 9.87. The predicted octanol–water partition coefficient (Wildman–Crippen LogP) is 5.06. The van der Waals surface area contributed by atoms with Gasteiger partial charge in [-0.25, -0.2) is 8.93 Å². The van der Waals surface area contributed by atoms with E-state index in [1.165, 1.54) is 6.92 Å². The van der Waals surface area contributed by atoms with Crippen molar-refractivity contribution in [2.75, 3.05) is 0 Å². The third kappa shape index (κ3) is 7.24. The Bertz CT molecular complexity index is 735. The van der Waals surface area contributed by atoms with E-state index in [0.717, 1.165) is 11.1 Å². The van der Waals surface area contributed by atoms with Gasteiger partial charge in [0.2, 0.25) is 0 Å². The van der Waals surface area contributed by atoms with Crippen LogP contribution in [0.5, 0.6) is 0 Å². The first kappa shape index (κ1) is 23.6. The summed E-state index contributed by atoms with van der Waals surface area (Å²) in [7, 11) is -1.84. The van der Waals surface area contributed by atoms with Gasteiger partial charge in [-0.2, -0.15) is 13.2 Å². The van der Waals surface area contributed by atoms with Crippen molar-refractivity contribution in [3.05, 3.63) is 71.8 Å². The van der Waals surface area contributed by atoms with Crippen LogP contribution in [0.4, 0.5) is 13.2 Å². The minimum absolute atomic E-state index is 0.354. The van der Waals surface area contributed by atoms with Gasteiger partial charge in [0.05, 0.1) is 15.7 Å². The van der Waals surface area contributed by atoms with Gasteiger partial charge in [-0.05, 0) is 38.8 Å². The van der Waals surface area contributed by atoms with Crippen LogP contribution in [0.2, 0.25) is 0 Å². The zero-order valence-corrected chi connectivity index (χ0v) is 18.1. The average molecular weight is 427 g/mol. The van der Waals surface area contributed by atoms with Crippen LogP contribution in [0, 0.1) is 0 Å². The highest BCUT2D eigenvalue weighted by atomic mass is 32.2. The summed E-state index contributed by atoms with van der Waals surface area (Å²) in [6, 6.07) is 16.0. The van der Waals surface area contributed by atoms with E-state index in [1.54, 1.807) is 25.7 Å². The van der Waals surface area contributed by atoms with Gasteiger partial charge < -0.3 is 0 Å². The zero-order chi connectivity index (χ0) is 21.7. The van der Waals surface area contributed by atoms with Gasteiger partial charge >= 0.3 is 6.18 Å². The number of rotatable bonds is 8. The van der Waals surface area contributed by atoms with Gasteiger partial charge in [0, 0.05) is 19.1 Å². The lowest BCUT2D eigenvalue weighted by atomic mass is 10.1. The molecule has 1 N–H and O–H groups in total. The molecule has 0 aliphatic carbocycles. The Morgan fingerprint density at radius 3 is 1.66 bits per heavy atom. The maximum atomic E-state index is 13.9. The Morgan fingerprint density at radius 1 is 0.897 bits per heavy atom. The number of hydrogen-bond acceptors (Lipinski definition) is 2. The topological polar surface area (TPSA) is 32.3 Å². The Hall–Kier alpha value is -1.70. The van der Waals surface area contributed by atoms with Crippen LogP contribution in [-0.4, -0.2) is 32.1 Å². The summed E-state index contributed by atoms with van der Waals surface area (Å²) in [6.07, 6.45) is -4.54. The van der Waals surface area contributed by atoms with Crippen LogP contribution in [0.15, 0.2) is 60.7 Å². The van der Waals surface area contributed by atoms with Gasteiger partial charge in [0.15, 0.2) is 0 Å². The molecule has 0 spiro atoms. The predicted molar refractivity (Wildman–Crippen MR) is 112 cm³/mol. The van der Waals surface area contributed by atoms with E-state index < -0.39 is 34.0 Å². The molecule has 2 aromatic rings. The zero-order valence-electron chi connectivity index (χ0n) is 17.2. The van der Waals surface area contributed by atoms with E-state index in [9.17, 15) is 17.4 Å². The fraction of sp³-hybridized carbons (Fsp3) is 0.455. The summed E-state index contributed by atoms with van der Waals surface area (Å²) in [5.41, 5.74) is 1.85. The van der Waals surface area contributed by atoms with Crippen LogP contribution in [0.3, 0.4) is 0 Å². The molecule has 0 radical (unpaired) electrons. The molecule has 0 aliphatic rings. The number of nitrogens with zero attached hydrogens (tertiary/aromatic N) is 1. The minimum atomic E-state index is -4.54. The first-order valence-electron chi connectivity index (χ1n) is 9.55. The standard InChI is InChI=1S/C22H29F3N2OS/c1-17(20(22(23,24)25)26-29(28)21(2,3)4)27(15-18-11-7-5-8-12-18)16-19-13-9-6-10-14-19/h5-14,17,20,26H,15-16H2,1-4H3/t17-,20-,29?/m0/s1. The summed E-state index contributed by atoms with van der Waals surface area (Å²) in [5, 5.41) is 0. The molecule has 0 aromatic heterocycles.